The molecule has 3 rings (SSSR count). The zero-order chi connectivity index (χ0) is 11.0. The fourth-order valence-electron chi connectivity index (χ4n) is 2.28. The summed E-state index contributed by atoms with van der Waals surface area (Å²) in [4.78, 5) is 0. The van der Waals surface area contributed by atoms with Gasteiger partial charge in [-0.25, -0.2) is 4.39 Å². The van der Waals surface area contributed by atoms with Gasteiger partial charge in [-0.3, -0.25) is 0 Å². The van der Waals surface area contributed by atoms with E-state index in [4.69, 9.17) is 0 Å². The molecule has 1 aliphatic carbocycles. The Bertz CT molecular complexity index is 501. The molecule has 0 bridgehead atoms. The number of halogens is 2. The molecule has 1 radical (unpaired) electrons. The summed E-state index contributed by atoms with van der Waals surface area (Å²) in [6, 6.07) is 18.2. The number of hydrogen-bond acceptors (Lipinski definition) is 0. The molecule has 1 aliphatic rings. The monoisotopic (exact) mass is 354 g/mol. The molecule has 0 saturated heterocycles. The van der Waals surface area contributed by atoms with Gasteiger partial charge in [0, 0.05) is 19.5 Å². The summed E-state index contributed by atoms with van der Waals surface area (Å²) in [6.45, 7) is 0. The first-order chi connectivity index (χ1) is 7.84. The van der Waals surface area contributed by atoms with Crippen molar-refractivity contribution in [3.8, 4) is 0 Å². The fourth-order valence-corrected chi connectivity index (χ4v) is 2.28. The van der Waals surface area contributed by atoms with E-state index in [1.807, 2.05) is 24.3 Å². The molecule has 89 valence electrons. The van der Waals surface area contributed by atoms with Crippen LogP contribution in [0.1, 0.15) is 29.4 Å². The average molecular weight is 357 g/mol. The number of rotatable bonds is 2. The Balaban J connectivity index is 0.000000810. The molecular formula is C15H12BrFZn-. The van der Waals surface area contributed by atoms with Gasteiger partial charge in [-0.2, -0.15) is 0 Å². The van der Waals surface area contributed by atoms with Crippen LogP contribution in [0.3, 0.4) is 0 Å². The zero-order valence-corrected chi connectivity index (χ0v) is 14.5. The molecule has 1 fully saturated rings. The van der Waals surface area contributed by atoms with Crippen molar-refractivity contribution in [3.05, 3.63) is 71.5 Å². The van der Waals surface area contributed by atoms with Crippen LogP contribution in [0.4, 0.5) is 4.39 Å². The van der Waals surface area contributed by atoms with Crippen molar-refractivity contribution in [1.29, 1.82) is 0 Å². The molecule has 2 aromatic rings. The standard InChI is InChI=1S/C15H12F.BrH.Zn/c16-13-8-4-7-12(9-13)15-10-14(15)11-5-2-1-3-6-11;;/h1-5,7-9,14-15H,10H2;1H;/p-1/t14-,15-;;/m1../s1. The normalized spacial score (nSPS) is 20.5. The summed E-state index contributed by atoms with van der Waals surface area (Å²) in [5.41, 5.74) is 2.36. The first-order valence-electron chi connectivity index (χ1n) is 5.56. The van der Waals surface area contributed by atoms with Crippen LogP contribution in [-0.4, -0.2) is 0 Å². The summed E-state index contributed by atoms with van der Waals surface area (Å²) in [5, 5.41) is 0. The van der Waals surface area contributed by atoms with E-state index in [1.165, 1.54) is 11.6 Å². The van der Waals surface area contributed by atoms with Gasteiger partial charge in [-0.15, -0.1) is 0 Å². The molecule has 0 spiro atoms. The Labute approximate surface area is 130 Å². The Morgan fingerprint density at radius 2 is 1.89 bits per heavy atom. The van der Waals surface area contributed by atoms with Crippen molar-refractivity contribution in [2.24, 2.45) is 0 Å². The van der Waals surface area contributed by atoms with Crippen LogP contribution in [0, 0.1) is 11.9 Å². The van der Waals surface area contributed by atoms with Crippen molar-refractivity contribution in [2.75, 3.05) is 0 Å². The second-order valence-electron chi connectivity index (χ2n) is 4.32. The predicted octanol–water partition coefficient (Wildman–Crippen LogP) is 0.898. The van der Waals surface area contributed by atoms with Crippen LogP contribution >= 0.6 is 0 Å². The van der Waals surface area contributed by atoms with Crippen molar-refractivity contribution >= 4 is 0 Å². The van der Waals surface area contributed by atoms with Crippen molar-refractivity contribution in [2.45, 2.75) is 18.3 Å². The molecule has 2 aromatic carbocycles. The quantitative estimate of drug-likeness (QED) is 0.702. The minimum absolute atomic E-state index is 0. The van der Waals surface area contributed by atoms with E-state index in [2.05, 4.69) is 12.1 Å². The molecule has 0 aliphatic heterocycles. The van der Waals surface area contributed by atoms with E-state index in [0.29, 0.717) is 11.8 Å². The molecule has 2 atom stereocenters. The molecule has 0 N–H and O–H groups in total. The van der Waals surface area contributed by atoms with Crippen molar-refractivity contribution in [1.82, 2.24) is 0 Å². The Kier molecular flexibility index (Phi) is 5.68. The van der Waals surface area contributed by atoms with E-state index in [-0.39, 0.29) is 42.3 Å². The van der Waals surface area contributed by atoms with Crippen LogP contribution in [0.5, 0.6) is 0 Å². The van der Waals surface area contributed by atoms with Crippen molar-refractivity contribution < 1.29 is 40.8 Å². The maximum absolute atomic E-state index is 13.1. The molecular weight excluding hydrogens is 344 g/mol. The van der Waals surface area contributed by atoms with Gasteiger partial charge >= 0.3 is 0 Å². The van der Waals surface area contributed by atoms with Gasteiger partial charge in [0.05, 0.1) is 0 Å². The second-order valence-corrected chi connectivity index (χ2v) is 4.32. The minimum Gasteiger partial charge on any atom is -1.00 e. The molecule has 0 unspecified atom stereocenters. The van der Waals surface area contributed by atoms with Crippen molar-refractivity contribution in [3.63, 3.8) is 0 Å². The van der Waals surface area contributed by atoms with Gasteiger partial charge < -0.3 is 17.0 Å². The molecule has 18 heavy (non-hydrogen) atoms. The third-order valence-electron chi connectivity index (χ3n) is 3.20. The largest absolute Gasteiger partial charge is 1.00 e. The summed E-state index contributed by atoms with van der Waals surface area (Å²) < 4.78 is 13.1. The summed E-state index contributed by atoms with van der Waals surface area (Å²) in [7, 11) is 0. The van der Waals surface area contributed by atoms with E-state index in [1.54, 1.807) is 12.1 Å². The van der Waals surface area contributed by atoms with Crippen LogP contribution < -0.4 is 17.0 Å². The van der Waals surface area contributed by atoms with E-state index in [0.717, 1.165) is 12.0 Å². The molecule has 3 heteroatoms. The number of hydrogen-bond donors (Lipinski definition) is 0. The third-order valence-corrected chi connectivity index (χ3v) is 3.20. The first kappa shape index (κ1) is 15.5. The zero-order valence-electron chi connectivity index (χ0n) is 9.94. The SMILES string of the molecule is Fc1cccc([C@H]2C[C@@H]2c2[c]cccc2)c1.[Br-].[Zn]. The van der Waals surface area contributed by atoms with Gasteiger partial charge in [-0.1, -0.05) is 36.4 Å². The molecule has 1 saturated carbocycles. The second kappa shape index (κ2) is 6.59. The average Bonchev–Trinajstić information content (AvgIpc) is 3.10. The summed E-state index contributed by atoms with van der Waals surface area (Å²) in [6.07, 6.45) is 1.12. The van der Waals surface area contributed by atoms with E-state index >= 15 is 0 Å². The fraction of sp³-hybridized carbons (Fsp3) is 0.200. The van der Waals surface area contributed by atoms with Gasteiger partial charge in [0.2, 0.25) is 0 Å². The predicted molar refractivity (Wildman–Crippen MR) is 61.8 cm³/mol. The van der Waals surface area contributed by atoms with Gasteiger partial charge in [-0.05, 0) is 47.6 Å². The molecule has 0 aromatic heterocycles. The molecule has 0 nitrogen and oxygen atoms in total. The Morgan fingerprint density at radius 3 is 2.56 bits per heavy atom. The maximum Gasteiger partial charge on any atom is 0.123 e. The number of benzene rings is 2. The summed E-state index contributed by atoms with van der Waals surface area (Å²) >= 11 is 0. The van der Waals surface area contributed by atoms with Crippen LogP contribution in [0.2, 0.25) is 0 Å². The van der Waals surface area contributed by atoms with Crippen LogP contribution in [0.25, 0.3) is 0 Å². The molecule has 0 heterocycles. The minimum atomic E-state index is -0.139. The van der Waals surface area contributed by atoms with Gasteiger partial charge in [0.15, 0.2) is 0 Å². The van der Waals surface area contributed by atoms with Gasteiger partial charge in [0.1, 0.15) is 5.82 Å². The summed E-state index contributed by atoms with van der Waals surface area (Å²) in [5.74, 6) is 0.873. The van der Waals surface area contributed by atoms with Crippen LogP contribution in [0.15, 0.2) is 48.5 Å². The maximum atomic E-state index is 13.1. The third kappa shape index (κ3) is 3.27. The molecule has 0 amide bonds. The first-order valence-corrected chi connectivity index (χ1v) is 5.56. The smallest absolute Gasteiger partial charge is 0.123 e. The Hall–Kier alpha value is -0.527. The van der Waals surface area contributed by atoms with E-state index in [9.17, 15) is 4.39 Å². The van der Waals surface area contributed by atoms with E-state index < -0.39 is 0 Å². The van der Waals surface area contributed by atoms with Gasteiger partial charge in [0.25, 0.3) is 0 Å². The Morgan fingerprint density at radius 1 is 1.06 bits per heavy atom. The topological polar surface area (TPSA) is 0 Å². The van der Waals surface area contributed by atoms with Crippen LogP contribution in [-0.2, 0) is 19.5 Å².